The molecule has 0 rings (SSSR count). The van der Waals surface area contributed by atoms with Gasteiger partial charge in [0.15, 0.2) is 0 Å². The Morgan fingerprint density at radius 2 is 0.792 bits per heavy atom. The molecule has 0 atom stereocenters. The molecule has 0 saturated carbocycles. The van der Waals surface area contributed by atoms with Crippen LogP contribution >= 0.6 is 0 Å². The van der Waals surface area contributed by atoms with Crippen molar-refractivity contribution in [3.05, 3.63) is 0 Å². The Morgan fingerprint density at radius 3 is 1.04 bits per heavy atom. The van der Waals surface area contributed by atoms with Crippen molar-refractivity contribution in [2.24, 2.45) is 11.5 Å². The van der Waals surface area contributed by atoms with Crippen LogP contribution < -0.4 is 80.8 Å². The van der Waals surface area contributed by atoms with Crippen LogP contribution in [-0.4, -0.2) is 25.0 Å². The zero-order chi connectivity index (χ0) is 17.1. The van der Waals surface area contributed by atoms with Gasteiger partial charge in [-0.2, -0.15) is 0 Å². The van der Waals surface area contributed by atoms with E-state index < -0.39 is 11.9 Å². The Balaban J connectivity index is -0.000000154. The van der Waals surface area contributed by atoms with Crippen molar-refractivity contribution < 1.29 is 78.9 Å². The molecule has 0 heterocycles. The molecule has 0 amide bonds. The van der Waals surface area contributed by atoms with Crippen molar-refractivity contribution >= 4 is 11.9 Å². The van der Waals surface area contributed by atoms with Crippen molar-refractivity contribution in [3.63, 3.8) is 0 Å². The number of hydrogen-bond acceptors (Lipinski definition) is 6. The van der Waals surface area contributed by atoms with Crippen LogP contribution in [0, 0.1) is 0 Å². The molecule has 8 heteroatoms. The minimum atomic E-state index is -0.941. The van der Waals surface area contributed by atoms with Crippen molar-refractivity contribution in [1.29, 1.82) is 0 Å². The second-order valence-electron chi connectivity index (χ2n) is 5.36. The van der Waals surface area contributed by atoms with Crippen LogP contribution in [0.15, 0.2) is 0 Å². The summed E-state index contributed by atoms with van der Waals surface area (Å²) in [6.45, 7) is 1.47. The molecule has 4 N–H and O–H groups in total. The fourth-order valence-electron chi connectivity index (χ4n) is 1.89. The second-order valence-corrected chi connectivity index (χ2v) is 5.36. The summed E-state index contributed by atoms with van der Waals surface area (Å²) in [6, 6.07) is 0. The topological polar surface area (TPSA) is 132 Å². The van der Waals surface area contributed by atoms with Crippen molar-refractivity contribution in [2.75, 3.05) is 13.1 Å². The Hall–Kier alpha value is 0.860. The fraction of sp³-hybridized carbons (Fsp3) is 0.875. The predicted octanol–water partition coefficient (Wildman–Crippen LogP) is -5.92. The number of carbonyl (C=O) groups excluding carboxylic acids is 2. The van der Waals surface area contributed by atoms with Gasteiger partial charge >= 0.3 is 59.1 Å². The van der Waals surface area contributed by atoms with Crippen LogP contribution in [0.4, 0.5) is 0 Å². The maximum atomic E-state index is 9.96. The van der Waals surface area contributed by atoms with Gasteiger partial charge in [0.1, 0.15) is 0 Å². The average molecular weight is 362 g/mol. The van der Waals surface area contributed by atoms with Crippen LogP contribution in [0.2, 0.25) is 0 Å². The van der Waals surface area contributed by atoms with Crippen LogP contribution in [-0.2, 0) is 9.59 Å². The number of unbranched alkanes of at least 4 members (excludes halogenated alkanes) is 8. The molecule has 0 saturated heterocycles. The minimum absolute atomic E-state index is 0. The van der Waals surface area contributed by atoms with Crippen LogP contribution in [0.3, 0.4) is 0 Å². The fourth-order valence-corrected chi connectivity index (χ4v) is 1.89. The molecule has 24 heavy (non-hydrogen) atoms. The Morgan fingerprint density at radius 1 is 0.542 bits per heavy atom. The van der Waals surface area contributed by atoms with Crippen LogP contribution in [0.5, 0.6) is 0 Å². The molecule has 0 aliphatic heterocycles. The summed E-state index contributed by atoms with van der Waals surface area (Å²) < 4.78 is 0. The monoisotopic (exact) mass is 362 g/mol. The number of nitrogens with two attached hydrogens (primary N) is 2. The van der Waals surface area contributed by atoms with E-state index in [0.717, 1.165) is 77.3 Å². The van der Waals surface area contributed by atoms with Crippen molar-refractivity contribution in [1.82, 2.24) is 0 Å². The molecule has 0 fully saturated rings. The first kappa shape index (κ1) is 32.5. The molecule has 0 aromatic carbocycles. The summed E-state index contributed by atoms with van der Waals surface area (Å²) in [6.07, 6.45) is 10.3. The van der Waals surface area contributed by atoms with E-state index in [1.54, 1.807) is 0 Å². The molecule has 0 aromatic rings. The summed E-state index contributed by atoms with van der Waals surface area (Å²) >= 11 is 0. The first-order valence-corrected chi connectivity index (χ1v) is 8.34. The smallest absolute Gasteiger partial charge is 0.550 e. The Bertz CT molecular complexity index is 244. The number of carboxylic acids is 2. The van der Waals surface area contributed by atoms with E-state index in [1.165, 1.54) is 0 Å². The number of carbonyl (C=O) groups is 2. The molecule has 0 spiro atoms. The molecule has 0 unspecified atom stereocenters. The molecule has 0 aliphatic carbocycles. The number of aliphatic carboxylic acids is 2. The Labute approximate surface area is 191 Å². The molecule has 6 nitrogen and oxygen atoms in total. The largest absolute Gasteiger partial charge is 1.00 e. The minimum Gasteiger partial charge on any atom is -0.550 e. The van der Waals surface area contributed by atoms with E-state index in [0.29, 0.717) is 0 Å². The van der Waals surface area contributed by atoms with Gasteiger partial charge < -0.3 is 31.3 Å². The van der Waals surface area contributed by atoms with E-state index in [-0.39, 0.29) is 72.0 Å². The third-order valence-corrected chi connectivity index (χ3v) is 3.17. The van der Waals surface area contributed by atoms with Gasteiger partial charge in [0.2, 0.25) is 0 Å². The normalized spacial score (nSPS) is 9.08. The van der Waals surface area contributed by atoms with Gasteiger partial charge in [0.25, 0.3) is 0 Å². The number of hydrogen-bond donors (Lipinski definition) is 2. The van der Waals surface area contributed by atoms with Gasteiger partial charge in [-0.3, -0.25) is 0 Å². The van der Waals surface area contributed by atoms with E-state index in [9.17, 15) is 19.8 Å². The number of rotatable bonds is 14. The third kappa shape index (κ3) is 38.4. The molecule has 0 aromatic heterocycles. The van der Waals surface area contributed by atoms with Gasteiger partial charge in [-0.15, -0.1) is 0 Å². The first-order valence-electron chi connectivity index (χ1n) is 8.34. The summed E-state index contributed by atoms with van der Waals surface area (Å²) in [4.78, 5) is 19.9. The van der Waals surface area contributed by atoms with Crippen LogP contribution in [0.1, 0.15) is 77.0 Å². The average Bonchev–Trinajstić information content (AvgIpc) is 2.46. The summed E-state index contributed by atoms with van der Waals surface area (Å²) in [5.74, 6) is -1.88. The van der Waals surface area contributed by atoms with Gasteiger partial charge in [-0.1, -0.05) is 38.5 Å². The third-order valence-electron chi connectivity index (χ3n) is 3.17. The summed E-state index contributed by atoms with van der Waals surface area (Å²) in [7, 11) is 0. The SMILES string of the molecule is NCCCCCCCC(=O)[O-].NCCCCCCCC(=O)[O-].[Na+].[Na+]. The van der Waals surface area contributed by atoms with Crippen molar-refractivity contribution in [3.8, 4) is 0 Å². The van der Waals surface area contributed by atoms with E-state index in [1.807, 2.05) is 0 Å². The van der Waals surface area contributed by atoms with Gasteiger partial charge in [0.05, 0.1) is 0 Å². The quantitative estimate of drug-likeness (QED) is 0.234. The zero-order valence-corrected chi connectivity index (χ0v) is 19.7. The number of carboxylic acid groups (broad SMARTS) is 2. The van der Waals surface area contributed by atoms with E-state index in [4.69, 9.17) is 11.5 Å². The maximum absolute atomic E-state index is 9.96. The standard InChI is InChI=1S/2C8H17NO2.2Na/c2*9-7-5-3-1-2-4-6-8(10)11;;/h2*1-7,9H2,(H,10,11);;/q;;2*+1/p-2. The van der Waals surface area contributed by atoms with Gasteiger partial charge in [0, 0.05) is 11.9 Å². The van der Waals surface area contributed by atoms with Gasteiger partial charge in [-0.05, 0) is 51.6 Å². The predicted molar refractivity (Wildman–Crippen MR) is 83.5 cm³/mol. The molecule has 0 aliphatic rings. The van der Waals surface area contributed by atoms with E-state index >= 15 is 0 Å². The maximum Gasteiger partial charge on any atom is 1.00 e. The molecule has 0 bridgehead atoms. The van der Waals surface area contributed by atoms with Gasteiger partial charge in [-0.25, -0.2) is 0 Å². The summed E-state index contributed by atoms with van der Waals surface area (Å²) in [5.41, 5.74) is 10.6. The first-order chi connectivity index (χ1) is 10.5. The summed E-state index contributed by atoms with van der Waals surface area (Å²) in [5, 5.41) is 19.9. The molecular formula is C16H32N2Na2O4. The van der Waals surface area contributed by atoms with E-state index in [2.05, 4.69) is 0 Å². The van der Waals surface area contributed by atoms with Crippen LogP contribution in [0.25, 0.3) is 0 Å². The molecular weight excluding hydrogens is 330 g/mol. The zero-order valence-electron chi connectivity index (χ0n) is 15.7. The van der Waals surface area contributed by atoms with Crippen molar-refractivity contribution in [2.45, 2.75) is 77.0 Å². The Kier molecular flexibility index (Phi) is 38.8. The molecule has 132 valence electrons. The second kappa shape index (κ2) is 28.7. The molecule has 0 radical (unpaired) electrons.